The number of hydrogen-bond acceptors (Lipinski definition) is 7. The van der Waals surface area contributed by atoms with E-state index in [9.17, 15) is 14.7 Å². The average molecular weight is 523 g/mol. The van der Waals surface area contributed by atoms with Crippen LogP contribution in [0.1, 0.15) is 22.9 Å². The van der Waals surface area contributed by atoms with Crippen LogP contribution in [0.25, 0.3) is 5.76 Å². The van der Waals surface area contributed by atoms with Crippen LogP contribution in [0.3, 0.4) is 0 Å². The number of nitrogens with zero attached hydrogens (tertiary/aromatic N) is 2. The zero-order chi connectivity index (χ0) is 27.4. The van der Waals surface area contributed by atoms with Gasteiger partial charge >= 0.3 is 0 Å². The maximum atomic E-state index is 13.4. The largest absolute Gasteiger partial charge is 0.507 e. The van der Waals surface area contributed by atoms with E-state index in [1.54, 1.807) is 60.8 Å². The van der Waals surface area contributed by atoms with Gasteiger partial charge in [-0.15, -0.1) is 0 Å². The number of aliphatic hydroxyl groups excluding tert-OH is 1. The molecular formula is C31H26N2O6. The SMILES string of the molecule is COc1ccc(/C(O)=C2\C(=O)C(=O)N(Cc3ccccn3)C2c2cccc(Oc3ccccc3)c2)cc1OC. The highest BCUT2D eigenvalue weighted by Gasteiger charge is 2.46. The molecule has 3 aromatic carbocycles. The highest BCUT2D eigenvalue weighted by molar-refractivity contribution is 6.46. The van der Waals surface area contributed by atoms with Gasteiger partial charge in [-0.1, -0.05) is 36.4 Å². The van der Waals surface area contributed by atoms with Crippen LogP contribution in [0.5, 0.6) is 23.0 Å². The number of pyridine rings is 1. The summed E-state index contributed by atoms with van der Waals surface area (Å²) in [6.07, 6.45) is 1.62. The Bertz CT molecular complexity index is 1540. The maximum Gasteiger partial charge on any atom is 0.296 e. The molecule has 0 radical (unpaired) electrons. The Morgan fingerprint density at radius 3 is 2.31 bits per heavy atom. The van der Waals surface area contributed by atoms with E-state index in [0.29, 0.717) is 39.8 Å². The molecule has 39 heavy (non-hydrogen) atoms. The van der Waals surface area contributed by atoms with Crippen molar-refractivity contribution in [2.24, 2.45) is 0 Å². The number of ether oxygens (including phenoxy) is 3. The van der Waals surface area contributed by atoms with Crippen LogP contribution >= 0.6 is 0 Å². The summed E-state index contributed by atoms with van der Waals surface area (Å²) in [5.74, 6) is 0.152. The van der Waals surface area contributed by atoms with Crippen molar-refractivity contribution >= 4 is 17.4 Å². The summed E-state index contributed by atoms with van der Waals surface area (Å²) < 4.78 is 16.7. The lowest BCUT2D eigenvalue weighted by Gasteiger charge is -2.25. The van der Waals surface area contributed by atoms with Crippen LogP contribution < -0.4 is 14.2 Å². The highest BCUT2D eigenvalue weighted by atomic mass is 16.5. The predicted molar refractivity (Wildman–Crippen MR) is 145 cm³/mol. The third-order valence-corrected chi connectivity index (χ3v) is 6.41. The Hall–Kier alpha value is -5.11. The van der Waals surface area contributed by atoms with Crippen molar-refractivity contribution in [1.29, 1.82) is 0 Å². The Morgan fingerprint density at radius 1 is 0.846 bits per heavy atom. The summed E-state index contributed by atoms with van der Waals surface area (Å²) in [5.41, 5.74) is 1.47. The van der Waals surface area contributed by atoms with Crippen LogP contribution in [-0.2, 0) is 16.1 Å². The number of hydrogen-bond donors (Lipinski definition) is 1. The Balaban J connectivity index is 1.63. The molecule has 2 heterocycles. The summed E-state index contributed by atoms with van der Waals surface area (Å²) >= 11 is 0. The number of aromatic nitrogens is 1. The Labute approximate surface area is 225 Å². The van der Waals surface area contributed by atoms with Crippen molar-refractivity contribution in [1.82, 2.24) is 9.88 Å². The molecule has 8 heteroatoms. The van der Waals surface area contributed by atoms with E-state index < -0.39 is 17.7 Å². The molecule has 5 rings (SSSR count). The summed E-state index contributed by atoms with van der Waals surface area (Å²) in [7, 11) is 2.98. The first-order valence-electron chi connectivity index (χ1n) is 12.2. The van der Waals surface area contributed by atoms with Gasteiger partial charge < -0.3 is 24.2 Å². The van der Waals surface area contributed by atoms with E-state index in [2.05, 4.69) is 4.98 Å². The number of rotatable bonds is 8. The molecule has 1 aliphatic rings. The monoisotopic (exact) mass is 522 g/mol. The lowest BCUT2D eigenvalue weighted by Crippen LogP contribution is -2.29. The molecule has 1 atom stereocenters. The molecule has 4 aromatic rings. The summed E-state index contributed by atoms with van der Waals surface area (Å²) in [4.78, 5) is 32.6. The normalized spacial score (nSPS) is 16.3. The molecule has 196 valence electrons. The minimum absolute atomic E-state index is 0.0417. The van der Waals surface area contributed by atoms with Gasteiger partial charge in [0.2, 0.25) is 0 Å². The van der Waals surface area contributed by atoms with E-state index in [0.717, 1.165) is 0 Å². The summed E-state index contributed by atoms with van der Waals surface area (Å²) in [6.45, 7) is 0.0720. The maximum absolute atomic E-state index is 13.4. The van der Waals surface area contributed by atoms with Crippen LogP contribution in [0, 0.1) is 0 Å². The molecule has 1 amide bonds. The van der Waals surface area contributed by atoms with Crippen molar-refractivity contribution in [2.75, 3.05) is 14.2 Å². The van der Waals surface area contributed by atoms with Gasteiger partial charge in [-0.3, -0.25) is 14.6 Å². The molecule has 1 saturated heterocycles. The second-order valence-electron chi connectivity index (χ2n) is 8.81. The predicted octanol–water partition coefficient (Wildman–Crippen LogP) is 5.51. The second kappa shape index (κ2) is 11.1. The topological polar surface area (TPSA) is 98.2 Å². The molecule has 1 aromatic heterocycles. The van der Waals surface area contributed by atoms with Crippen molar-refractivity contribution in [3.8, 4) is 23.0 Å². The molecule has 1 unspecified atom stereocenters. The molecule has 1 aliphatic heterocycles. The van der Waals surface area contributed by atoms with E-state index in [-0.39, 0.29) is 17.9 Å². The molecule has 1 fully saturated rings. The van der Waals surface area contributed by atoms with Crippen molar-refractivity contribution in [3.05, 3.63) is 120 Å². The lowest BCUT2D eigenvalue weighted by molar-refractivity contribution is -0.140. The number of benzene rings is 3. The number of amides is 1. The van der Waals surface area contributed by atoms with Crippen LogP contribution in [0.2, 0.25) is 0 Å². The number of carbonyl (C=O) groups is 2. The number of aliphatic hydroxyl groups is 1. The van der Waals surface area contributed by atoms with Gasteiger partial charge in [0.05, 0.1) is 38.1 Å². The first kappa shape index (κ1) is 25.5. The fourth-order valence-corrected chi connectivity index (χ4v) is 4.57. The third kappa shape index (κ3) is 5.17. The number of para-hydroxylation sites is 1. The Morgan fingerprint density at radius 2 is 1.59 bits per heavy atom. The number of methoxy groups -OCH3 is 2. The lowest BCUT2D eigenvalue weighted by atomic mass is 9.95. The van der Waals surface area contributed by atoms with Gasteiger partial charge in [0.25, 0.3) is 11.7 Å². The van der Waals surface area contributed by atoms with E-state index in [4.69, 9.17) is 14.2 Å². The van der Waals surface area contributed by atoms with Gasteiger partial charge in [-0.25, -0.2) is 0 Å². The van der Waals surface area contributed by atoms with Gasteiger partial charge in [0, 0.05) is 11.8 Å². The van der Waals surface area contributed by atoms with Crippen molar-refractivity contribution in [2.45, 2.75) is 12.6 Å². The van der Waals surface area contributed by atoms with Crippen molar-refractivity contribution in [3.63, 3.8) is 0 Å². The van der Waals surface area contributed by atoms with Gasteiger partial charge in [-0.05, 0) is 60.2 Å². The number of likely N-dealkylation sites (tertiary alicyclic amines) is 1. The number of carbonyl (C=O) groups excluding carboxylic acids is 2. The van der Waals surface area contributed by atoms with Crippen molar-refractivity contribution < 1.29 is 28.9 Å². The van der Waals surface area contributed by atoms with E-state index in [1.807, 2.05) is 36.4 Å². The van der Waals surface area contributed by atoms with Gasteiger partial charge in [-0.2, -0.15) is 0 Å². The first-order chi connectivity index (χ1) is 19.0. The molecule has 0 aliphatic carbocycles. The van der Waals surface area contributed by atoms with Crippen LogP contribution in [0.15, 0.2) is 103 Å². The van der Waals surface area contributed by atoms with Crippen LogP contribution in [-0.4, -0.2) is 40.9 Å². The fraction of sp³-hybridized carbons (Fsp3) is 0.129. The minimum atomic E-state index is -0.889. The number of Topliss-reactive ketones (excluding diaryl/α,β-unsaturated/α-hetero) is 1. The molecular weight excluding hydrogens is 496 g/mol. The quantitative estimate of drug-likeness (QED) is 0.185. The van der Waals surface area contributed by atoms with Gasteiger partial charge in [0.15, 0.2) is 11.5 Å². The Kier molecular flexibility index (Phi) is 7.27. The molecule has 0 saturated carbocycles. The molecule has 0 bridgehead atoms. The standard InChI is InChI=1S/C31H26N2O6/c1-37-25-15-14-21(18-26(25)38-2)29(34)27-28(33(31(36)30(27)35)19-22-10-6-7-16-32-22)20-9-8-13-24(17-20)39-23-11-4-3-5-12-23/h3-18,28,34H,19H2,1-2H3/b29-27+. The molecule has 0 spiro atoms. The number of ketones is 1. The van der Waals surface area contributed by atoms with Gasteiger partial charge in [0.1, 0.15) is 17.3 Å². The van der Waals surface area contributed by atoms with Crippen LogP contribution in [0.4, 0.5) is 0 Å². The smallest absolute Gasteiger partial charge is 0.296 e. The zero-order valence-electron chi connectivity index (χ0n) is 21.4. The van der Waals surface area contributed by atoms with E-state index in [1.165, 1.54) is 19.1 Å². The molecule has 1 N–H and O–H groups in total. The highest BCUT2D eigenvalue weighted by Crippen LogP contribution is 2.42. The molecule has 8 nitrogen and oxygen atoms in total. The third-order valence-electron chi connectivity index (χ3n) is 6.41. The summed E-state index contributed by atoms with van der Waals surface area (Å²) in [5, 5.41) is 11.4. The zero-order valence-corrected chi connectivity index (χ0v) is 21.4. The average Bonchev–Trinajstić information content (AvgIpc) is 3.22. The summed E-state index contributed by atoms with van der Waals surface area (Å²) in [6, 6.07) is 25.7. The first-order valence-corrected chi connectivity index (χ1v) is 12.2. The fourth-order valence-electron chi connectivity index (χ4n) is 4.57. The minimum Gasteiger partial charge on any atom is -0.507 e. The second-order valence-corrected chi connectivity index (χ2v) is 8.81. The van der Waals surface area contributed by atoms with E-state index >= 15 is 0 Å².